The van der Waals surface area contributed by atoms with E-state index in [1.807, 2.05) is 25.1 Å². The maximum absolute atomic E-state index is 12.1. The minimum absolute atomic E-state index is 0.267. The largest absolute Gasteiger partial charge is 0.495 e. The van der Waals surface area contributed by atoms with Crippen LogP contribution >= 0.6 is 11.6 Å². The normalized spacial score (nSPS) is 10.6. The Morgan fingerprint density at radius 3 is 2.46 bits per heavy atom. The number of ether oxygens (including phenoxy) is 3. The first kappa shape index (κ1) is 19.7. The van der Waals surface area contributed by atoms with Crippen molar-refractivity contribution in [1.29, 1.82) is 0 Å². The maximum atomic E-state index is 12.1. The Morgan fingerprint density at radius 1 is 1.08 bits per heavy atom. The SMILES string of the molecule is CCCOc1ccc(/C=C/C(=O)Nc2ccc(OC)c(Cl)c2)cc1OC. The van der Waals surface area contributed by atoms with Gasteiger partial charge >= 0.3 is 0 Å². The Labute approximate surface area is 158 Å². The van der Waals surface area contributed by atoms with Gasteiger partial charge in [0.1, 0.15) is 5.75 Å². The van der Waals surface area contributed by atoms with Crippen molar-refractivity contribution < 1.29 is 19.0 Å². The Hall–Kier alpha value is -2.66. The summed E-state index contributed by atoms with van der Waals surface area (Å²) in [6.07, 6.45) is 4.06. The molecular formula is C20H22ClNO4. The minimum Gasteiger partial charge on any atom is -0.495 e. The molecule has 2 aromatic rings. The maximum Gasteiger partial charge on any atom is 0.248 e. The summed E-state index contributed by atoms with van der Waals surface area (Å²) in [5.74, 6) is 1.60. The van der Waals surface area contributed by atoms with E-state index in [4.69, 9.17) is 25.8 Å². The molecule has 0 aliphatic rings. The second-order valence-electron chi connectivity index (χ2n) is 5.43. The van der Waals surface area contributed by atoms with Crippen LogP contribution in [-0.4, -0.2) is 26.7 Å². The molecule has 5 nitrogen and oxygen atoms in total. The molecule has 26 heavy (non-hydrogen) atoms. The van der Waals surface area contributed by atoms with Crippen LogP contribution in [0, 0.1) is 0 Å². The van der Waals surface area contributed by atoms with Gasteiger partial charge in [-0.15, -0.1) is 0 Å². The molecule has 138 valence electrons. The Bertz CT molecular complexity index is 789. The van der Waals surface area contributed by atoms with Crippen LogP contribution < -0.4 is 19.5 Å². The molecule has 0 aliphatic carbocycles. The molecule has 0 radical (unpaired) electrons. The average molecular weight is 376 g/mol. The summed E-state index contributed by atoms with van der Waals surface area (Å²) >= 11 is 6.05. The van der Waals surface area contributed by atoms with Crippen molar-refractivity contribution in [2.45, 2.75) is 13.3 Å². The lowest BCUT2D eigenvalue weighted by molar-refractivity contribution is -0.111. The van der Waals surface area contributed by atoms with E-state index < -0.39 is 0 Å². The number of amides is 1. The van der Waals surface area contributed by atoms with E-state index in [0.29, 0.717) is 34.6 Å². The fraction of sp³-hybridized carbons (Fsp3) is 0.250. The Kier molecular flexibility index (Phi) is 7.36. The third-order valence-corrected chi connectivity index (χ3v) is 3.79. The van der Waals surface area contributed by atoms with Crippen molar-refractivity contribution in [3.8, 4) is 17.2 Å². The summed E-state index contributed by atoms with van der Waals surface area (Å²) in [7, 11) is 3.12. The van der Waals surface area contributed by atoms with Gasteiger partial charge in [0.15, 0.2) is 11.5 Å². The second kappa shape index (κ2) is 9.73. The lowest BCUT2D eigenvalue weighted by Gasteiger charge is -2.10. The van der Waals surface area contributed by atoms with Crippen LogP contribution in [0.4, 0.5) is 5.69 Å². The highest BCUT2D eigenvalue weighted by atomic mass is 35.5. The van der Waals surface area contributed by atoms with Crippen LogP contribution in [0.3, 0.4) is 0 Å². The molecule has 0 bridgehead atoms. The topological polar surface area (TPSA) is 56.8 Å². The molecule has 1 amide bonds. The smallest absolute Gasteiger partial charge is 0.248 e. The zero-order valence-corrected chi connectivity index (χ0v) is 15.8. The molecule has 6 heteroatoms. The van der Waals surface area contributed by atoms with Crippen molar-refractivity contribution in [2.75, 3.05) is 26.1 Å². The Balaban J connectivity index is 2.04. The van der Waals surface area contributed by atoms with Crippen LogP contribution in [0.15, 0.2) is 42.5 Å². The molecule has 2 rings (SSSR count). The quantitative estimate of drug-likeness (QED) is 0.673. The van der Waals surface area contributed by atoms with Gasteiger partial charge in [-0.25, -0.2) is 0 Å². The number of nitrogens with one attached hydrogen (secondary N) is 1. The molecule has 0 aromatic heterocycles. The van der Waals surface area contributed by atoms with Crippen LogP contribution in [0.1, 0.15) is 18.9 Å². The van der Waals surface area contributed by atoms with Gasteiger partial charge in [0.25, 0.3) is 0 Å². The first-order valence-electron chi connectivity index (χ1n) is 8.20. The predicted molar refractivity (Wildman–Crippen MR) is 104 cm³/mol. The molecule has 0 heterocycles. The molecular weight excluding hydrogens is 354 g/mol. The van der Waals surface area contributed by atoms with Gasteiger partial charge in [0, 0.05) is 11.8 Å². The van der Waals surface area contributed by atoms with Crippen LogP contribution in [0.5, 0.6) is 17.2 Å². The van der Waals surface area contributed by atoms with Gasteiger partial charge < -0.3 is 19.5 Å². The van der Waals surface area contributed by atoms with Gasteiger partial charge in [0.2, 0.25) is 5.91 Å². The fourth-order valence-electron chi connectivity index (χ4n) is 2.22. The number of halogens is 1. The third-order valence-electron chi connectivity index (χ3n) is 3.50. The molecule has 0 atom stereocenters. The van der Waals surface area contributed by atoms with Crippen molar-refractivity contribution >= 4 is 29.3 Å². The molecule has 0 unspecified atom stereocenters. The summed E-state index contributed by atoms with van der Waals surface area (Å²) in [6.45, 7) is 2.66. The zero-order valence-electron chi connectivity index (χ0n) is 15.0. The summed E-state index contributed by atoms with van der Waals surface area (Å²) in [5, 5.41) is 3.18. The number of hydrogen-bond donors (Lipinski definition) is 1. The first-order chi connectivity index (χ1) is 12.6. The summed E-state index contributed by atoms with van der Waals surface area (Å²) in [5.41, 5.74) is 1.42. The van der Waals surface area contributed by atoms with Gasteiger partial charge in [-0.2, -0.15) is 0 Å². The van der Waals surface area contributed by atoms with E-state index in [-0.39, 0.29) is 5.91 Å². The number of rotatable bonds is 8. The average Bonchev–Trinajstić information content (AvgIpc) is 2.65. The fourth-order valence-corrected chi connectivity index (χ4v) is 2.48. The van der Waals surface area contributed by atoms with Crippen molar-refractivity contribution in [3.05, 3.63) is 53.1 Å². The Morgan fingerprint density at radius 2 is 1.81 bits per heavy atom. The number of hydrogen-bond acceptors (Lipinski definition) is 4. The molecule has 1 N–H and O–H groups in total. The molecule has 0 fully saturated rings. The highest BCUT2D eigenvalue weighted by Gasteiger charge is 2.06. The van der Waals surface area contributed by atoms with Crippen LogP contribution in [-0.2, 0) is 4.79 Å². The summed E-state index contributed by atoms with van der Waals surface area (Å²) in [6, 6.07) is 10.6. The van der Waals surface area contributed by atoms with E-state index in [0.717, 1.165) is 12.0 Å². The van der Waals surface area contributed by atoms with Crippen LogP contribution in [0.2, 0.25) is 5.02 Å². The zero-order chi connectivity index (χ0) is 18.9. The standard InChI is InChI=1S/C20H22ClNO4/c1-4-11-26-18-8-5-14(12-19(18)25-3)6-10-20(23)22-15-7-9-17(24-2)16(21)13-15/h5-10,12-13H,4,11H2,1-3H3,(H,22,23)/b10-6+. The second-order valence-corrected chi connectivity index (χ2v) is 5.84. The minimum atomic E-state index is -0.267. The monoisotopic (exact) mass is 375 g/mol. The molecule has 0 saturated carbocycles. The van der Waals surface area contributed by atoms with E-state index in [1.165, 1.54) is 13.2 Å². The predicted octanol–water partition coefficient (Wildman–Crippen LogP) is 4.80. The van der Waals surface area contributed by atoms with E-state index in [1.54, 1.807) is 31.4 Å². The van der Waals surface area contributed by atoms with E-state index in [9.17, 15) is 4.79 Å². The highest BCUT2D eigenvalue weighted by molar-refractivity contribution is 6.32. The van der Waals surface area contributed by atoms with E-state index in [2.05, 4.69) is 5.32 Å². The first-order valence-corrected chi connectivity index (χ1v) is 8.58. The van der Waals surface area contributed by atoms with Crippen molar-refractivity contribution in [2.24, 2.45) is 0 Å². The number of carbonyl (C=O) groups is 1. The molecule has 0 spiro atoms. The highest BCUT2D eigenvalue weighted by Crippen LogP contribution is 2.29. The van der Waals surface area contributed by atoms with Crippen molar-refractivity contribution in [1.82, 2.24) is 0 Å². The molecule has 0 saturated heterocycles. The summed E-state index contributed by atoms with van der Waals surface area (Å²) < 4.78 is 16.0. The van der Waals surface area contributed by atoms with Gasteiger partial charge in [0.05, 0.1) is 25.8 Å². The lowest BCUT2D eigenvalue weighted by atomic mass is 10.2. The third kappa shape index (κ3) is 5.43. The molecule has 2 aromatic carbocycles. The van der Waals surface area contributed by atoms with Gasteiger partial charge in [-0.3, -0.25) is 4.79 Å². The van der Waals surface area contributed by atoms with Crippen LogP contribution in [0.25, 0.3) is 6.08 Å². The van der Waals surface area contributed by atoms with Gasteiger partial charge in [-0.1, -0.05) is 24.6 Å². The van der Waals surface area contributed by atoms with Crippen molar-refractivity contribution in [3.63, 3.8) is 0 Å². The number of carbonyl (C=O) groups excluding carboxylic acids is 1. The number of anilines is 1. The number of methoxy groups -OCH3 is 2. The number of benzene rings is 2. The lowest BCUT2D eigenvalue weighted by Crippen LogP contribution is -2.07. The van der Waals surface area contributed by atoms with E-state index >= 15 is 0 Å². The molecule has 0 aliphatic heterocycles. The summed E-state index contributed by atoms with van der Waals surface area (Å²) in [4.78, 5) is 12.1. The van der Waals surface area contributed by atoms with Gasteiger partial charge in [-0.05, 0) is 48.4 Å².